The zero-order valence-electron chi connectivity index (χ0n) is 15.5. The summed E-state index contributed by atoms with van der Waals surface area (Å²) in [5.74, 6) is 0. The normalized spacial score (nSPS) is 26.8. The van der Waals surface area contributed by atoms with Crippen LogP contribution in [-0.4, -0.2) is 19.3 Å². The maximum Gasteiger partial charge on any atom is 0.416 e. The van der Waals surface area contributed by atoms with E-state index in [1.54, 1.807) is 30.5 Å². The molecule has 7 heteroatoms. The van der Waals surface area contributed by atoms with Crippen molar-refractivity contribution in [2.24, 2.45) is 5.41 Å². The highest BCUT2D eigenvalue weighted by molar-refractivity contribution is 7.89. The summed E-state index contributed by atoms with van der Waals surface area (Å²) in [5.41, 5.74) is 0.224. The lowest BCUT2D eigenvalue weighted by molar-refractivity contribution is -0.137. The van der Waals surface area contributed by atoms with Crippen LogP contribution in [0.25, 0.3) is 0 Å². The van der Waals surface area contributed by atoms with Crippen molar-refractivity contribution in [3.63, 3.8) is 0 Å². The zero-order chi connectivity index (χ0) is 20.4. The quantitative estimate of drug-likeness (QED) is 0.727. The van der Waals surface area contributed by atoms with Crippen LogP contribution in [0.3, 0.4) is 0 Å². The lowest BCUT2D eigenvalue weighted by Gasteiger charge is -2.33. The van der Waals surface area contributed by atoms with Crippen LogP contribution >= 0.6 is 0 Å². The van der Waals surface area contributed by atoms with Gasteiger partial charge >= 0.3 is 6.18 Å². The van der Waals surface area contributed by atoms with Gasteiger partial charge in [0.2, 0.25) is 0 Å². The zero-order valence-corrected chi connectivity index (χ0v) is 16.3. The lowest BCUT2D eigenvalue weighted by atomic mass is 9.85. The van der Waals surface area contributed by atoms with E-state index < -0.39 is 27.2 Å². The van der Waals surface area contributed by atoms with Crippen LogP contribution in [0.5, 0.6) is 0 Å². The minimum absolute atomic E-state index is 0.203. The Balaban J connectivity index is 1.68. The number of benzene rings is 2. The van der Waals surface area contributed by atoms with Gasteiger partial charge in [-0.1, -0.05) is 42.8 Å². The number of hydrogen-bond acceptors (Lipinski definition) is 2. The van der Waals surface area contributed by atoms with Crippen LogP contribution in [0, 0.1) is 12.3 Å². The van der Waals surface area contributed by atoms with E-state index in [4.69, 9.17) is 0 Å². The second kappa shape index (κ2) is 5.86. The largest absolute Gasteiger partial charge is 0.416 e. The van der Waals surface area contributed by atoms with Gasteiger partial charge in [-0.2, -0.15) is 13.2 Å². The number of allylic oxidation sites excluding steroid dienone is 1. The number of aryl methyl sites for hydroxylation is 1. The molecular formula is C21H20F3NO2S. The highest BCUT2D eigenvalue weighted by Gasteiger charge is 2.66. The van der Waals surface area contributed by atoms with E-state index in [1.165, 1.54) is 16.4 Å². The number of nitrogens with zero attached hydrogens (tertiary/aromatic N) is 1. The molecule has 0 spiro atoms. The van der Waals surface area contributed by atoms with Crippen molar-refractivity contribution in [2.45, 2.75) is 36.8 Å². The SMILES string of the molecule is Cc1ccc(S(=O)(=O)N2C=CC3(C)CC3(c3ccc(C(F)(F)F)cc3)C2)cc1. The van der Waals surface area contributed by atoms with Crippen LogP contribution in [0.4, 0.5) is 13.2 Å². The second-order valence-electron chi connectivity index (χ2n) is 7.93. The molecular weight excluding hydrogens is 387 g/mol. The van der Waals surface area contributed by atoms with Gasteiger partial charge in [0.05, 0.1) is 10.5 Å². The lowest BCUT2D eigenvalue weighted by Crippen LogP contribution is -2.38. The van der Waals surface area contributed by atoms with Crippen molar-refractivity contribution in [2.75, 3.05) is 6.54 Å². The molecule has 2 aromatic carbocycles. The van der Waals surface area contributed by atoms with Gasteiger partial charge in [-0.3, -0.25) is 4.31 Å². The molecule has 0 radical (unpaired) electrons. The average molecular weight is 407 g/mol. The van der Waals surface area contributed by atoms with E-state index in [9.17, 15) is 21.6 Å². The molecule has 2 unspecified atom stereocenters. The van der Waals surface area contributed by atoms with Gasteiger partial charge in [-0.15, -0.1) is 0 Å². The first-order valence-corrected chi connectivity index (χ1v) is 10.4. The fourth-order valence-corrected chi connectivity index (χ4v) is 5.48. The van der Waals surface area contributed by atoms with Gasteiger partial charge in [-0.05, 0) is 48.6 Å². The number of sulfonamides is 1. The van der Waals surface area contributed by atoms with Crippen LogP contribution < -0.4 is 0 Å². The Labute approximate surface area is 162 Å². The van der Waals surface area contributed by atoms with Crippen LogP contribution in [0.2, 0.25) is 0 Å². The van der Waals surface area contributed by atoms with Gasteiger partial charge in [0.15, 0.2) is 0 Å². The number of fused-ring (bicyclic) bond motifs is 1. The summed E-state index contributed by atoms with van der Waals surface area (Å²) in [6.45, 7) is 4.10. The molecule has 148 valence electrons. The van der Waals surface area contributed by atoms with Crippen LogP contribution in [0.1, 0.15) is 30.0 Å². The third-order valence-corrected chi connectivity index (χ3v) is 7.80. The molecule has 0 aromatic heterocycles. The van der Waals surface area contributed by atoms with Gasteiger partial charge < -0.3 is 0 Å². The maximum absolute atomic E-state index is 13.1. The topological polar surface area (TPSA) is 37.4 Å². The molecule has 1 aliphatic carbocycles. The van der Waals surface area contributed by atoms with Gasteiger partial charge in [0.1, 0.15) is 0 Å². The highest BCUT2D eigenvalue weighted by Crippen LogP contribution is 2.67. The average Bonchev–Trinajstić information content (AvgIpc) is 3.28. The molecule has 1 fully saturated rings. The van der Waals surface area contributed by atoms with E-state index in [2.05, 4.69) is 0 Å². The van der Waals surface area contributed by atoms with E-state index >= 15 is 0 Å². The minimum atomic E-state index is -4.39. The van der Waals surface area contributed by atoms with Crippen molar-refractivity contribution in [1.82, 2.24) is 4.31 Å². The molecule has 2 aliphatic rings. The molecule has 4 rings (SSSR count). The molecule has 2 atom stereocenters. The summed E-state index contributed by atoms with van der Waals surface area (Å²) >= 11 is 0. The van der Waals surface area contributed by atoms with Crippen molar-refractivity contribution in [1.29, 1.82) is 0 Å². The number of alkyl halides is 3. The third kappa shape index (κ3) is 2.83. The van der Waals surface area contributed by atoms with Crippen molar-refractivity contribution in [3.8, 4) is 0 Å². The Kier molecular flexibility index (Phi) is 3.99. The van der Waals surface area contributed by atoms with Crippen molar-refractivity contribution < 1.29 is 21.6 Å². The first kappa shape index (κ1) is 19.1. The van der Waals surface area contributed by atoms with Gasteiger partial charge in [0.25, 0.3) is 10.0 Å². The molecule has 0 N–H and O–H groups in total. The smallest absolute Gasteiger partial charge is 0.273 e. The van der Waals surface area contributed by atoms with Crippen LogP contribution in [0.15, 0.2) is 65.7 Å². The molecule has 3 nitrogen and oxygen atoms in total. The standard InChI is InChI=1S/C21H20F3NO2S/c1-15-3-9-18(10-4-15)28(26,27)25-12-11-19(2)13-20(19,14-25)16-5-7-17(8-6-16)21(22,23)24/h3-12H,13-14H2,1-2H3. The summed E-state index contributed by atoms with van der Waals surface area (Å²) < 4.78 is 66.0. The minimum Gasteiger partial charge on any atom is -0.273 e. The summed E-state index contributed by atoms with van der Waals surface area (Å²) in [7, 11) is -3.72. The molecule has 1 saturated carbocycles. The van der Waals surface area contributed by atoms with Crippen molar-refractivity contribution in [3.05, 3.63) is 77.5 Å². The predicted molar refractivity (Wildman–Crippen MR) is 100 cm³/mol. The maximum atomic E-state index is 13.1. The second-order valence-corrected chi connectivity index (χ2v) is 9.82. The monoisotopic (exact) mass is 407 g/mol. The van der Waals surface area contributed by atoms with E-state index in [0.29, 0.717) is 6.42 Å². The van der Waals surface area contributed by atoms with E-state index in [1.807, 2.05) is 19.9 Å². The summed E-state index contributed by atoms with van der Waals surface area (Å²) in [6.07, 6.45) is -0.247. The Hall–Kier alpha value is -2.28. The van der Waals surface area contributed by atoms with Gasteiger partial charge in [0, 0.05) is 18.2 Å². The third-order valence-electron chi connectivity index (χ3n) is 6.06. The number of rotatable bonds is 3. The van der Waals surface area contributed by atoms with Gasteiger partial charge in [-0.25, -0.2) is 8.42 Å². The summed E-state index contributed by atoms with van der Waals surface area (Å²) in [6, 6.07) is 11.7. The highest BCUT2D eigenvalue weighted by atomic mass is 32.2. The van der Waals surface area contributed by atoms with E-state index in [-0.39, 0.29) is 16.9 Å². The first-order chi connectivity index (χ1) is 13.0. The molecule has 0 amide bonds. The Morgan fingerprint density at radius 2 is 1.61 bits per heavy atom. The van der Waals surface area contributed by atoms with E-state index in [0.717, 1.165) is 23.3 Å². The predicted octanol–water partition coefficient (Wildman–Crippen LogP) is 4.88. The molecule has 2 aromatic rings. The molecule has 0 saturated heterocycles. The fraction of sp³-hybridized carbons (Fsp3) is 0.333. The van der Waals surface area contributed by atoms with Crippen LogP contribution in [-0.2, 0) is 21.6 Å². The van der Waals surface area contributed by atoms with Crippen molar-refractivity contribution >= 4 is 10.0 Å². The molecule has 1 aliphatic heterocycles. The molecule has 1 heterocycles. The number of hydrogen-bond donors (Lipinski definition) is 0. The Morgan fingerprint density at radius 3 is 2.18 bits per heavy atom. The number of halogens is 3. The molecule has 0 bridgehead atoms. The molecule has 28 heavy (non-hydrogen) atoms. The fourth-order valence-electron chi connectivity index (χ4n) is 4.12. The Morgan fingerprint density at radius 1 is 1.00 bits per heavy atom. The summed E-state index contributed by atoms with van der Waals surface area (Å²) in [5, 5.41) is 0. The summed E-state index contributed by atoms with van der Waals surface area (Å²) in [4.78, 5) is 0.203. The first-order valence-electron chi connectivity index (χ1n) is 8.94. The Bertz CT molecular complexity index is 1040.